The van der Waals surface area contributed by atoms with Crippen LogP contribution in [0.15, 0.2) is 24.3 Å². The second-order valence-corrected chi connectivity index (χ2v) is 4.40. The predicted molar refractivity (Wildman–Crippen MR) is 62.0 cm³/mol. The zero-order valence-corrected chi connectivity index (χ0v) is 9.58. The topological polar surface area (TPSA) is 49.3 Å². The first kappa shape index (κ1) is 12.0. The third-order valence-corrected chi connectivity index (χ3v) is 3.19. The fourth-order valence-corrected chi connectivity index (χ4v) is 2.04. The molecule has 1 aliphatic rings. The highest BCUT2D eigenvalue weighted by Crippen LogP contribution is 2.49. The van der Waals surface area contributed by atoms with Crippen molar-refractivity contribution in [1.29, 1.82) is 0 Å². The summed E-state index contributed by atoms with van der Waals surface area (Å²) < 4.78 is 13.7. The molecule has 0 aromatic heterocycles. The number of aliphatic hydroxyl groups is 1. The minimum Gasteiger partial charge on any atom is -0.396 e. The van der Waals surface area contributed by atoms with Gasteiger partial charge in [0.2, 0.25) is 5.91 Å². The van der Waals surface area contributed by atoms with E-state index in [1.54, 1.807) is 18.2 Å². The molecule has 2 N–H and O–H groups in total. The van der Waals surface area contributed by atoms with Crippen LogP contribution < -0.4 is 5.32 Å². The van der Waals surface area contributed by atoms with E-state index in [-0.39, 0.29) is 18.3 Å². The standard InChI is InChI=1S/C13H16FNO2/c14-11-5-2-1-4-10(11)13(6-7-13)12(17)15-8-3-9-16/h1-2,4-5,16H,3,6-9H2,(H,15,17). The lowest BCUT2D eigenvalue weighted by Gasteiger charge is -2.16. The van der Waals surface area contributed by atoms with Crippen LogP contribution in [0.3, 0.4) is 0 Å². The SMILES string of the molecule is O=C(NCCCO)C1(c2ccccc2F)CC1. The molecular formula is C13H16FNO2. The van der Waals surface area contributed by atoms with Gasteiger partial charge in [-0.15, -0.1) is 0 Å². The lowest BCUT2D eigenvalue weighted by atomic mass is 9.94. The molecule has 0 aliphatic heterocycles. The molecule has 1 aliphatic carbocycles. The molecule has 0 heterocycles. The van der Waals surface area contributed by atoms with Gasteiger partial charge in [-0.25, -0.2) is 4.39 Å². The molecule has 0 radical (unpaired) electrons. The number of carbonyl (C=O) groups excluding carboxylic acids is 1. The summed E-state index contributed by atoms with van der Waals surface area (Å²) in [6, 6.07) is 6.43. The number of hydrogen-bond donors (Lipinski definition) is 2. The number of amides is 1. The van der Waals surface area contributed by atoms with E-state index in [9.17, 15) is 9.18 Å². The molecule has 0 atom stereocenters. The summed E-state index contributed by atoms with van der Waals surface area (Å²) in [5.74, 6) is -0.446. The summed E-state index contributed by atoms with van der Waals surface area (Å²) >= 11 is 0. The Morgan fingerprint density at radius 3 is 2.71 bits per heavy atom. The average molecular weight is 237 g/mol. The molecular weight excluding hydrogens is 221 g/mol. The Balaban J connectivity index is 2.09. The van der Waals surface area contributed by atoms with E-state index in [0.29, 0.717) is 31.4 Å². The van der Waals surface area contributed by atoms with Gasteiger partial charge in [0.1, 0.15) is 5.82 Å². The van der Waals surface area contributed by atoms with Crippen molar-refractivity contribution in [1.82, 2.24) is 5.32 Å². The van der Waals surface area contributed by atoms with Gasteiger partial charge in [-0.2, -0.15) is 0 Å². The van der Waals surface area contributed by atoms with E-state index in [2.05, 4.69) is 5.32 Å². The molecule has 92 valence electrons. The fourth-order valence-electron chi connectivity index (χ4n) is 2.04. The van der Waals surface area contributed by atoms with Crippen molar-refractivity contribution >= 4 is 5.91 Å². The van der Waals surface area contributed by atoms with Crippen LogP contribution in [0.1, 0.15) is 24.8 Å². The van der Waals surface area contributed by atoms with Crippen molar-refractivity contribution in [3.63, 3.8) is 0 Å². The molecule has 1 amide bonds. The van der Waals surface area contributed by atoms with Gasteiger partial charge < -0.3 is 10.4 Å². The lowest BCUT2D eigenvalue weighted by molar-refractivity contribution is -0.123. The van der Waals surface area contributed by atoms with Crippen LogP contribution in [0.25, 0.3) is 0 Å². The average Bonchev–Trinajstić information content (AvgIpc) is 3.11. The number of rotatable bonds is 5. The van der Waals surface area contributed by atoms with Crippen LogP contribution in [0.5, 0.6) is 0 Å². The Morgan fingerprint density at radius 1 is 1.41 bits per heavy atom. The number of benzene rings is 1. The predicted octanol–water partition coefficient (Wildman–Crippen LogP) is 1.36. The molecule has 1 fully saturated rings. The number of nitrogens with one attached hydrogen (secondary N) is 1. The van der Waals surface area contributed by atoms with Crippen LogP contribution in [0, 0.1) is 5.82 Å². The third-order valence-electron chi connectivity index (χ3n) is 3.19. The summed E-state index contributed by atoms with van der Waals surface area (Å²) in [4.78, 5) is 12.0. The largest absolute Gasteiger partial charge is 0.396 e. The smallest absolute Gasteiger partial charge is 0.230 e. The number of halogens is 1. The molecule has 0 unspecified atom stereocenters. The summed E-state index contributed by atoms with van der Waals surface area (Å²) in [6.07, 6.45) is 1.91. The number of aliphatic hydroxyl groups excluding tert-OH is 1. The van der Waals surface area contributed by atoms with Crippen molar-refractivity contribution in [3.05, 3.63) is 35.6 Å². The maximum Gasteiger partial charge on any atom is 0.230 e. The summed E-state index contributed by atoms with van der Waals surface area (Å²) in [7, 11) is 0. The Hall–Kier alpha value is -1.42. The number of hydrogen-bond acceptors (Lipinski definition) is 2. The summed E-state index contributed by atoms with van der Waals surface area (Å²) in [6.45, 7) is 0.485. The molecule has 17 heavy (non-hydrogen) atoms. The van der Waals surface area contributed by atoms with Crippen LogP contribution in [0.2, 0.25) is 0 Å². The van der Waals surface area contributed by atoms with Gasteiger partial charge >= 0.3 is 0 Å². The maximum atomic E-state index is 13.7. The zero-order valence-electron chi connectivity index (χ0n) is 9.58. The van der Waals surface area contributed by atoms with Crippen molar-refractivity contribution in [2.45, 2.75) is 24.7 Å². The molecule has 1 aromatic carbocycles. The van der Waals surface area contributed by atoms with Crippen LogP contribution in [0.4, 0.5) is 4.39 Å². The van der Waals surface area contributed by atoms with Crippen LogP contribution >= 0.6 is 0 Å². The van der Waals surface area contributed by atoms with Gasteiger partial charge in [-0.1, -0.05) is 18.2 Å². The highest BCUT2D eigenvalue weighted by atomic mass is 19.1. The minimum atomic E-state index is -0.666. The van der Waals surface area contributed by atoms with Gasteiger partial charge in [0.05, 0.1) is 5.41 Å². The quantitative estimate of drug-likeness (QED) is 0.760. The Morgan fingerprint density at radius 2 is 2.12 bits per heavy atom. The van der Waals surface area contributed by atoms with Crippen LogP contribution in [-0.2, 0) is 10.2 Å². The monoisotopic (exact) mass is 237 g/mol. The van der Waals surface area contributed by atoms with Gasteiger partial charge in [-0.05, 0) is 25.3 Å². The summed E-state index contributed by atoms with van der Waals surface area (Å²) in [5, 5.41) is 11.4. The van der Waals surface area contributed by atoms with E-state index in [0.717, 1.165) is 0 Å². The highest BCUT2D eigenvalue weighted by Gasteiger charge is 2.52. The molecule has 0 saturated heterocycles. The zero-order chi connectivity index (χ0) is 12.3. The van der Waals surface area contributed by atoms with Crippen molar-refractivity contribution < 1.29 is 14.3 Å². The van der Waals surface area contributed by atoms with E-state index in [1.807, 2.05) is 0 Å². The maximum absolute atomic E-state index is 13.7. The molecule has 0 spiro atoms. The first-order chi connectivity index (χ1) is 8.20. The fraction of sp³-hybridized carbons (Fsp3) is 0.462. The molecule has 1 saturated carbocycles. The normalized spacial score (nSPS) is 16.6. The van der Waals surface area contributed by atoms with E-state index >= 15 is 0 Å². The third kappa shape index (κ3) is 2.31. The highest BCUT2D eigenvalue weighted by molar-refractivity contribution is 5.91. The van der Waals surface area contributed by atoms with Gasteiger partial charge in [-0.3, -0.25) is 4.79 Å². The van der Waals surface area contributed by atoms with Gasteiger partial charge in [0.25, 0.3) is 0 Å². The molecule has 0 bridgehead atoms. The molecule has 3 nitrogen and oxygen atoms in total. The lowest BCUT2D eigenvalue weighted by Crippen LogP contribution is -2.36. The Labute approximate surface area is 99.7 Å². The second-order valence-electron chi connectivity index (χ2n) is 4.40. The first-order valence-corrected chi connectivity index (χ1v) is 5.85. The summed E-state index contributed by atoms with van der Waals surface area (Å²) in [5.41, 5.74) is -0.178. The second kappa shape index (κ2) is 4.84. The van der Waals surface area contributed by atoms with Crippen molar-refractivity contribution in [2.75, 3.05) is 13.2 Å². The number of carbonyl (C=O) groups is 1. The Kier molecular flexibility index (Phi) is 3.43. The van der Waals surface area contributed by atoms with Gasteiger partial charge in [0.15, 0.2) is 0 Å². The molecule has 1 aromatic rings. The van der Waals surface area contributed by atoms with Gasteiger partial charge in [0, 0.05) is 18.7 Å². The van der Waals surface area contributed by atoms with Crippen molar-refractivity contribution in [2.24, 2.45) is 0 Å². The van der Waals surface area contributed by atoms with Crippen LogP contribution in [-0.4, -0.2) is 24.2 Å². The minimum absolute atomic E-state index is 0.0486. The van der Waals surface area contributed by atoms with E-state index < -0.39 is 5.41 Å². The van der Waals surface area contributed by atoms with E-state index in [4.69, 9.17) is 5.11 Å². The van der Waals surface area contributed by atoms with Crippen molar-refractivity contribution in [3.8, 4) is 0 Å². The molecule has 2 rings (SSSR count). The molecule has 4 heteroatoms. The first-order valence-electron chi connectivity index (χ1n) is 5.85. The van der Waals surface area contributed by atoms with E-state index in [1.165, 1.54) is 6.07 Å². The Bertz CT molecular complexity index is 416.